The lowest BCUT2D eigenvalue weighted by Gasteiger charge is -2.21. The maximum absolute atomic E-state index is 12.3. The average molecular weight is 392 g/mol. The van der Waals surface area contributed by atoms with Crippen LogP contribution in [0.5, 0.6) is 11.5 Å². The highest BCUT2D eigenvalue weighted by molar-refractivity contribution is 7.88. The Bertz CT molecular complexity index is 883. The second-order valence-electron chi connectivity index (χ2n) is 5.86. The standard InChI is InChI=1S/C19H24N2O5S/c1-25-17-10-6-4-8-15(17)14-21(27(3,23)24)13-12-20-19(22)16-9-5-7-11-18(16)26-2/h4-11H,12-14H2,1-3H3,(H,20,22). The van der Waals surface area contributed by atoms with Crippen molar-refractivity contribution in [3.8, 4) is 11.5 Å². The van der Waals surface area contributed by atoms with Crippen LogP contribution in [0, 0.1) is 0 Å². The Morgan fingerprint density at radius 3 is 2.22 bits per heavy atom. The summed E-state index contributed by atoms with van der Waals surface area (Å²) in [6.45, 7) is 0.463. The highest BCUT2D eigenvalue weighted by atomic mass is 32.2. The molecule has 0 heterocycles. The van der Waals surface area contributed by atoms with Crippen molar-refractivity contribution in [3.05, 3.63) is 59.7 Å². The Hall–Kier alpha value is -2.58. The van der Waals surface area contributed by atoms with Gasteiger partial charge in [0.2, 0.25) is 10.0 Å². The van der Waals surface area contributed by atoms with E-state index in [0.29, 0.717) is 17.1 Å². The van der Waals surface area contributed by atoms with Crippen LogP contribution in [-0.4, -0.2) is 52.2 Å². The number of amides is 1. The highest BCUT2D eigenvalue weighted by Crippen LogP contribution is 2.20. The number of sulfonamides is 1. The van der Waals surface area contributed by atoms with Crippen LogP contribution < -0.4 is 14.8 Å². The molecule has 7 nitrogen and oxygen atoms in total. The molecule has 2 aromatic rings. The first-order valence-electron chi connectivity index (χ1n) is 8.35. The molecule has 2 rings (SSSR count). The van der Waals surface area contributed by atoms with E-state index in [9.17, 15) is 13.2 Å². The third kappa shape index (κ3) is 5.70. The third-order valence-electron chi connectivity index (χ3n) is 4.01. The Morgan fingerprint density at radius 1 is 1.00 bits per heavy atom. The van der Waals surface area contributed by atoms with E-state index in [0.717, 1.165) is 11.8 Å². The first-order valence-corrected chi connectivity index (χ1v) is 10.2. The van der Waals surface area contributed by atoms with E-state index in [4.69, 9.17) is 9.47 Å². The Labute approximate surface area is 160 Å². The van der Waals surface area contributed by atoms with Crippen molar-refractivity contribution in [2.24, 2.45) is 0 Å². The number of ether oxygens (including phenoxy) is 2. The number of nitrogens with one attached hydrogen (secondary N) is 1. The van der Waals surface area contributed by atoms with Crippen molar-refractivity contribution in [2.75, 3.05) is 33.6 Å². The number of para-hydroxylation sites is 2. The first-order chi connectivity index (χ1) is 12.9. The average Bonchev–Trinajstić information content (AvgIpc) is 2.66. The topological polar surface area (TPSA) is 84.9 Å². The summed E-state index contributed by atoms with van der Waals surface area (Å²) < 4.78 is 36.0. The number of nitrogens with zero attached hydrogens (tertiary/aromatic N) is 1. The molecule has 0 aromatic heterocycles. The lowest BCUT2D eigenvalue weighted by atomic mass is 10.2. The van der Waals surface area contributed by atoms with Crippen molar-refractivity contribution < 1.29 is 22.7 Å². The van der Waals surface area contributed by atoms with Gasteiger partial charge in [-0.25, -0.2) is 8.42 Å². The second kappa shape index (κ2) is 9.38. The number of hydrogen-bond donors (Lipinski definition) is 1. The molecule has 0 saturated carbocycles. The van der Waals surface area contributed by atoms with E-state index >= 15 is 0 Å². The summed E-state index contributed by atoms with van der Waals surface area (Å²) >= 11 is 0. The summed E-state index contributed by atoms with van der Waals surface area (Å²) in [5.74, 6) is 0.756. The van der Waals surface area contributed by atoms with Crippen LogP contribution in [0.3, 0.4) is 0 Å². The summed E-state index contributed by atoms with van der Waals surface area (Å²) in [6, 6.07) is 14.1. The zero-order valence-corrected chi connectivity index (χ0v) is 16.5. The van der Waals surface area contributed by atoms with Gasteiger partial charge >= 0.3 is 0 Å². The maximum Gasteiger partial charge on any atom is 0.255 e. The maximum atomic E-state index is 12.3. The monoisotopic (exact) mass is 392 g/mol. The number of hydrogen-bond acceptors (Lipinski definition) is 5. The van der Waals surface area contributed by atoms with Crippen LogP contribution in [0.2, 0.25) is 0 Å². The van der Waals surface area contributed by atoms with Crippen molar-refractivity contribution in [1.29, 1.82) is 0 Å². The molecule has 0 fully saturated rings. The second-order valence-corrected chi connectivity index (χ2v) is 7.85. The lowest BCUT2D eigenvalue weighted by molar-refractivity contribution is 0.0948. The summed E-state index contributed by atoms with van der Waals surface area (Å²) in [5.41, 5.74) is 1.15. The molecule has 0 aliphatic heterocycles. The predicted octanol–water partition coefficient (Wildman–Crippen LogP) is 1.90. The minimum atomic E-state index is -3.46. The van der Waals surface area contributed by atoms with Gasteiger partial charge in [0.25, 0.3) is 5.91 Å². The van der Waals surface area contributed by atoms with Gasteiger partial charge in [0.1, 0.15) is 11.5 Å². The molecule has 1 N–H and O–H groups in total. The van der Waals surface area contributed by atoms with Gasteiger partial charge in [-0.15, -0.1) is 0 Å². The minimum absolute atomic E-state index is 0.137. The zero-order chi connectivity index (χ0) is 19.9. The smallest absolute Gasteiger partial charge is 0.255 e. The Balaban J connectivity index is 2.04. The van der Waals surface area contributed by atoms with E-state index in [1.54, 1.807) is 30.3 Å². The molecular weight excluding hydrogens is 368 g/mol. The lowest BCUT2D eigenvalue weighted by Crippen LogP contribution is -2.37. The summed E-state index contributed by atoms with van der Waals surface area (Å²) in [6.07, 6.45) is 1.14. The SMILES string of the molecule is COc1ccccc1CN(CCNC(=O)c1ccccc1OC)S(C)(=O)=O. The predicted molar refractivity (Wildman–Crippen MR) is 104 cm³/mol. The van der Waals surface area contributed by atoms with E-state index in [-0.39, 0.29) is 25.5 Å². The largest absolute Gasteiger partial charge is 0.496 e. The fourth-order valence-electron chi connectivity index (χ4n) is 2.61. The fourth-order valence-corrected chi connectivity index (χ4v) is 3.40. The minimum Gasteiger partial charge on any atom is -0.496 e. The highest BCUT2D eigenvalue weighted by Gasteiger charge is 2.19. The van der Waals surface area contributed by atoms with Gasteiger partial charge in [-0.05, 0) is 18.2 Å². The molecule has 0 radical (unpaired) electrons. The first kappa shape index (κ1) is 20.7. The van der Waals surface area contributed by atoms with Gasteiger partial charge in [0, 0.05) is 25.2 Å². The summed E-state index contributed by atoms with van der Waals surface area (Å²) in [7, 11) is -0.432. The number of carbonyl (C=O) groups is 1. The summed E-state index contributed by atoms with van der Waals surface area (Å²) in [5, 5.41) is 2.73. The van der Waals surface area contributed by atoms with Crippen LogP contribution >= 0.6 is 0 Å². The molecule has 2 aromatic carbocycles. The molecule has 0 aliphatic rings. The van der Waals surface area contributed by atoms with Crippen molar-refractivity contribution in [1.82, 2.24) is 9.62 Å². The molecule has 1 amide bonds. The van der Waals surface area contributed by atoms with Crippen LogP contribution in [0.15, 0.2) is 48.5 Å². The van der Waals surface area contributed by atoms with Crippen LogP contribution in [0.25, 0.3) is 0 Å². The van der Waals surface area contributed by atoms with Crippen LogP contribution in [0.4, 0.5) is 0 Å². The molecule has 0 spiro atoms. The van der Waals surface area contributed by atoms with E-state index in [1.807, 2.05) is 18.2 Å². The quantitative estimate of drug-likeness (QED) is 0.705. The number of benzene rings is 2. The molecule has 0 aliphatic carbocycles. The van der Waals surface area contributed by atoms with Crippen molar-refractivity contribution in [2.45, 2.75) is 6.54 Å². The fraction of sp³-hybridized carbons (Fsp3) is 0.316. The molecule has 0 bridgehead atoms. The Kier molecular flexibility index (Phi) is 7.20. The number of carbonyl (C=O) groups excluding carboxylic acids is 1. The van der Waals surface area contributed by atoms with Gasteiger partial charge in [-0.1, -0.05) is 30.3 Å². The van der Waals surface area contributed by atoms with Gasteiger partial charge < -0.3 is 14.8 Å². The molecular formula is C19H24N2O5S. The van der Waals surface area contributed by atoms with E-state index in [1.165, 1.54) is 18.5 Å². The molecule has 27 heavy (non-hydrogen) atoms. The molecule has 0 unspecified atom stereocenters. The molecule has 146 valence electrons. The number of rotatable bonds is 9. The molecule has 0 atom stereocenters. The van der Waals surface area contributed by atoms with Gasteiger partial charge in [0.15, 0.2) is 0 Å². The van der Waals surface area contributed by atoms with E-state index < -0.39 is 10.0 Å². The summed E-state index contributed by atoms with van der Waals surface area (Å²) in [4.78, 5) is 12.3. The van der Waals surface area contributed by atoms with Crippen molar-refractivity contribution in [3.63, 3.8) is 0 Å². The van der Waals surface area contributed by atoms with Crippen LogP contribution in [0.1, 0.15) is 15.9 Å². The van der Waals surface area contributed by atoms with Gasteiger partial charge in [-0.3, -0.25) is 4.79 Å². The van der Waals surface area contributed by atoms with E-state index in [2.05, 4.69) is 5.32 Å². The third-order valence-corrected chi connectivity index (χ3v) is 5.26. The number of methoxy groups -OCH3 is 2. The van der Waals surface area contributed by atoms with Gasteiger partial charge in [-0.2, -0.15) is 4.31 Å². The van der Waals surface area contributed by atoms with Crippen molar-refractivity contribution >= 4 is 15.9 Å². The normalized spacial score (nSPS) is 11.3. The molecule has 0 saturated heterocycles. The van der Waals surface area contributed by atoms with Crippen LogP contribution in [-0.2, 0) is 16.6 Å². The molecule has 8 heteroatoms. The zero-order valence-electron chi connectivity index (χ0n) is 15.6. The van der Waals surface area contributed by atoms with Gasteiger partial charge in [0.05, 0.1) is 26.0 Å². The Morgan fingerprint density at radius 2 is 1.59 bits per heavy atom.